The van der Waals surface area contributed by atoms with Gasteiger partial charge in [0.25, 0.3) is 11.2 Å². The van der Waals surface area contributed by atoms with Crippen molar-refractivity contribution in [1.29, 1.82) is 0 Å². The van der Waals surface area contributed by atoms with E-state index in [-0.39, 0.29) is 17.3 Å². The lowest BCUT2D eigenvalue weighted by Crippen LogP contribution is -2.38. The Labute approximate surface area is 238 Å². The van der Waals surface area contributed by atoms with Gasteiger partial charge in [-0.1, -0.05) is 65.9 Å². The van der Waals surface area contributed by atoms with Gasteiger partial charge in [0.2, 0.25) is 0 Å². The van der Waals surface area contributed by atoms with E-state index in [0.717, 1.165) is 35.2 Å². The van der Waals surface area contributed by atoms with Crippen molar-refractivity contribution >= 4 is 28.8 Å². The summed E-state index contributed by atoms with van der Waals surface area (Å²) >= 11 is 1.30. The second-order valence-corrected chi connectivity index (χ2v) is 10.8. The molecule has 0 N–H and O–H groups in total. The first-order chi connectivity index (χ1) is 20.0. The van der Waals surface area contributed by atoms with E-state index in [1.807, 2.05) is 36.4 Å². The number of thiazole rings is 1. The highest BCUT2D eigenvalue weighted by Gasteiger charge is 2.34. The van der Waals surface area contributed by atoms with Gasteiger partial charge in [-0.25, -0.2) is 4.99 Å². The zero-order chi connectivity index (χ0) is 28.1. The third-order valence-corrected chi connectivity index (χ3v) is 8.56. The molecule has 202 valence electrons. The molecular formula is C32H23N3O5S. The molecule has 0 bridgehead atoms. The summed E-state index contributed by atoms with van der Waals surface area (Å²) in [4.78, 5) is 30.7. The highest BCUT2D eigenvalue weighted by atomic mass is 32.1. The van der Waals surface area contributed by atoms with E-state index in [0.29, 0.717) is 32.2 Å². The van der Waals surface area contributed by atoms with Crippen LogP contribution in [0.4, 0.5) is 5.69 Å². The fraction of sp³-hybridized carbons (Fsp3) is 0.125. The van der Waals surface area contributed by atoms with E-state index in [9.17, 15) is 14.9 Å². The van der Waals surface area contributed by atoms with Crippen molar-refractivity contribution in [2.75, 3.05) is 7.11 Å². The molecule has 1 atom stereocenters. The van der Waals surface area contributed by atoms with Crippen LogP contribution in [0, 0.1) is 10.1 Å². The summed E-state index contributed by atoms with van der Waals surface area (Å²) in [5, 5.41) is 11.5. The van der Waals surface area contributed by atoms with E-state index < -0.39 is 4.92 Å². The van der Waals surface area contributed by atoms with Crippen LogP contribution in [0.3, 0.4) is 0 Å². The number of methoxy groups -OCH3 is 1. The van der Waals surface area contributed by atoms with E-state index >= 15 is 0 Å². The van der Waals surface area contributed by atoms with Crippen molar-refractivity contribution in [2.24, 2.45) is 4.99 Å². The Bertz CT molecular complexity index is 2070. The highest BCUT2D eigenvalue weighted by molar-refractivity contribution is 7.07. The molecule has 0 saturated carbocycles. The van der Waals surface area contributed by atoms with E-state index in [1.165, 1.54) is 23.0 Å². The van der Waals surface area contributed by atoms with E-state index in [4.69, 9.17) is 14.1 Å². The van der Waals surface area contributed by atoms with Crippen LogP contribution in [0.25, 0.3) is 23.1 Å². The average Bonchev–Trinajstić information content (AvgIpc) is 3.60. The summed E-state index contributed by atoms with van der Waals surface area (Å²) in [5.41, 5.74) is 5.38. The summed E-state index contributed by atoms with van der Waals surface area (Å²) in [6, 6.07) is 25.5. The minimum atomic E-state index is -0.437. The first-order valence-corrected chi connectivity index (χ1v) is 13.9. The normalized spacial score (nSPS) is 16.0. The third-order valence-electron chi connectivity index (χ3n) is 7.57. The standard InChI is InChI=1S/C32H23N3O5S/c1-39-26-13-7-5-11-23(26)30-24-16-14-19-8-2-3-9-21(19)29(24)33-32-34(30)31(36)28(41-32)18-20-15-17-27(40-20)22-10-4-6-12-25(22)35(37)38/h2-13,15,17-18,30H,14,16H2,1H3/b28-18-/t30-/m1/s1. The predicted octanol–water partition coefficient (Wildman–Crippen LogP) is 5.50. The molecule has 0 amide bonds. The number of nitro groups is 1. The van der Waals surface area contributed by atoms with E-state index in [2.05, 4.69) is 12.1 Å². The molecule has 1 aliphatic heterocycles. The maximum Gasteiger partial charge on any atom is 0.280 e. The Morgan fingerprint density at radius 3 is 2.59 bits per heavy atom. The lowest BCUT2D eigenvalue weighted by molar-refractivity contribution is -0.384. The highest BCUT2D eigenvalue weighted by Crippen LogP contribution is 2.43. The lowest BCUT2D eigenvalue weighted by atomic mass is 9.83. The number of aryl methyl sites for hydroxylation is 1. The number of hydrogen-bond donors (Lipinski definition) is 0. The fourth-order valence-corrected chi connectivity index (χ4v) is 6.72. The Morgan fingerprint density at radius 1 is 1.00 bits per heavy atom. The van der Waals surface area contributed by atoms with Crippen LogP contribution in [0.2, 0.25) is 0 Å². The molecule has 0 radical (unpaired) electrons. The van der Waals surface area contributed by atoms with Gasteiger partial charge in [0, 0.05) is 23.3 Å². The molecule has 3 heterocycles. The predicted molar refractivity (Wildman–Crippen MR) is 157 cm³/mol. The van der Waals surface area contributed by atoms with Gasteiger partial charge in [-0.15, -0.1) is 0 Å². The van der Waals surface area contributed by atoms with Crippen LogP contribution in [-0.4, -0.2) is 16.6 Å². The third kappa shape index (κ3) is 4.13. The number of fused-ring (bicyclic) bond motifs is 3. The van der Waals surface area contributed by atoms with Crippen LogP contribution in [0.1, 0.15) is 34.9 Å². The Hall–Kier alpha value is -5.02. The molecule has 0 spiro atoms. The summed E-state index contributed by atoms with van der Waals surface area (Å²) in [6.07, 6.45) is 3.32. The summed E-state index contributed by atoms with van der Waals surface area (Å²) in [6.45, 7) is 0. The number of benzene rings is 3. The summed E-state index contributed by atoms with van der Waals surface area (Å²) in [5.74, 6) is 1.49. The average molecular weight is 562 g/mol. The fourth-order valence-electron chi connectivity index (χ4n) is 5.74. The van der Waals surface area contributed by atoms with Crippen LogP contribution < -0.4 is 19.6 Å². The molecule has 8 nitrogen and oxygen atoms in total. The largest absolute Gasteiger partial charge is 0.496 e. The maximum atomic E-state index is 14.0. The zero-order valence-corrected chi connectivity index (χ0v) is 22.8. The second kappa shape index (κ2) is 9.87. The topological polar surface area (TPSA) is 99.9 Å². The first-order valence-electron chi connectivity index (χ1n) is 13.1. The molecule has 1 aliphatic carbocycles. The van der Waals surface area contributed by atoms with Gasteiger partial charge in [-0.05, 0) is 48.2 Å². The molecule has 9 heteroatoms. The summed E-state index contributed by atoms with van der Waals surface area (Å²) < 4.78 is 13.9. The van der Waals surface area contributed by atoms with Crippen molar-refractivity contribution in [3.05, 3.63) is 143 Å². The lowest BCUT2D eigenvalue weighted by Gasteiger charge is -2.31. The molecule has 0 unspecified atom stereocenters. The molecular weight excluding hydrogens is 538 g/mol. The van der Waals surface area contributed by atoms with Gasteiger partial charge in [0.05, 0.1) is 33.9 Å². The minimum absolute atomic E-state index is 0.0459. The monoisotopic (exact) mass is 561 g/mol. The molecule has 2 aliphatic rings. The van der Waals surface area contributed by atoms with Crippen LogP contribution >= 0.6 is 11.3 Å². The number of para-hydroxylation sites is 2. The maximum absolute atomic E-state index is 14.0. The molecule has 5 aromatic rings. The number of nitrogens with zero attached hydrogens (tertiary/aromatic N) is 3. The quantitative estimate of drug-likeness (QED) is 0.209. The molecule has 7 rings (SSSR count). The molecule has 0 fully saturated rings. The van der Waals surface area contributed by atoms with Crippen LogP contribution in [0.15, 0.2) is 105 Å². The minimum Gasteiger partial charge on any atom is -0.496 e. The number of furan rings is 1. The van der Waals surface area contributed by atoms with Gasteiger partial charge in [0.1, 0.15) is 17.3 Å². The van der Waals surface area contributed by atoms with Crippen LogP contribution in [-0.2, 0) is 6.42 Å². The number of allylic oxidation sites excluding steroid dienone is 1. The van der Waals surface area contributed by atoms with Crippen molar-refractivity contribution in [1.82, 2.24) is 4.57 Å². The van der Waals surface area contributed by atoms with Gasteiger partial charge in [0.15, 0.2) is 4.80 Å². The molecule has 41 heavy (non-hydrogen) atoms. The smallest absolute Gasteiger partial charge is 0.280 e. The van der Waals surface area contributed by atoms with Gasteiger partial charge in [-0.3, -0.25) is 19.5 Å². The zero-order valence-electron chi connectivity index (χ0n) is 21.9. The van der Waals surface area contributed by atoms with Gasteiger partial charge in [-0.2, -0.15) is 0 Å². The van der Waals surface area contributed by atoms with Gasteiger partial charge >= 0.3 is 0 Å². The summed E-state index contributed by atoms with van der Waals surface area (Å²) in [7, 11) is 1.64. The number of hydrogen-bond acceptors (Lipinski definition) is 7. The molecule has 0 saturated heterocycles. The first kappa shape index (κ1) is 25.0. The number of rotatable bonds is 5. The van der Waals surface area contributed by atoms with Gasteiger partial charge < -0.3 is 9.15 Å². The number of ether oxygens (including phenoxy) is 1. The molecule has 2 aromatic heterocycles. The van der Waals surface area contributed by atoms with Crippen molar-refractivity contribution in [3.8, 4) is 17.1 Å². The van der Waals surface area contributed by atoms with Crippen molar-refractivity contribution in [2.45, 2.75) is 18.9 Å². The Balaban J connectivity index is 1.41. The second-order valence-electron chi connectivity index (χ2n) is 9.83. The van der Waals surface area contributed by atoms with Crippen molar-refractivity contribution in [3.63, 3.8) is 0 Å². The SMILES string of the molecule is COc1ccccc1[C@@H]1C2=C(N=c3s/c(=C\c4ccc(-c5ccccc5[N+](=O)[O-])o4)c(=O)n31)c1ccccc1CC2. The van der Waals surface area contributed by atoms with Crippen molar-refractivity contribution < 1.29 is 14.1 Å². The van der Waals surface area contributed by atoms with Crippen LogP contribution in [0.5, 0.6) is 5.75 Å². The number of nitro benzene ring substituents is 1. The van der Waals surface area contributed by atoms with E-state index in [1.54, 1.807) is 48.1 Å². The number of aromatic nitrogens is 1. The molecule has 3 aromatic carbocycles. The Morgan fingerprint density at radius 2 is 1.76 bits per heavy atom. The Kier molecular flexibility index (Phi) is 6.01.